The highest BCUT2D eigenvalue weighted by molar-refractivity contribution is 7.89. The summed E-state index contributed by atoms with van der Waals surface area (Å²) in [5.74, 6) is -2.39. The highest BCUT2D eigenvalue weighted by atomic mass is 32.2. The average Bonchev–Trinajstić information content (AvgIpc) is 3.15. The Morgan fingerprint density at radius 1 is 0.875 bits per heavy atom. The number of hydrogen-bond acceptors (Lipinski definition) is 9. The van der Waals surface area contributed by atoms with Crippen LogP contribution >= 0.6 is 0 Å². The van der Waals surface area contributed by atoms with Gasteiger partial charge in [-0.05, 0) is 103 Å². The number of esters is 1. The summed E-state index contributed by atoms with van der Waals surface area (Å²) in [7, 11) is -4.40. The Hall–Kier alpha value is -4.51. The van der Waals surface area contributed by atoms with E-state index in [1.54, 1.807) is 24.0 Å². The molecule has 15 nitrogen and oxygen atoms in total. The Bertz CT molecular complexity index is 1800. The lowest BCUT2D eigenvalue weighted by molar-refractivity contribution is -0.145. The molecule has 2 atom stereocenters. The van der Waals surface area contributed by atoms with E-state index < -0.39 is 64.5 Å². The van der Waals surface area contributed by atoms with E-state index in [9.17, 15) is 41.9 Å². The van der Waals surface area contributed by atoms with Crippen LogP contribution in [0.1, 0.15) is 79.1 Å². The average molecular weight is 806 g/mol. The monoisotopic (exact) mass is 805 g/mol. The molecule has 2 saturated heterocycles. The fourth-order valence-corrected chi connectivity index (χ4v) is 8.55. The Labute approximate surface area is 328 Å². The third-order valence-corrected chi connectivity index (χ3v) is 11.8. The van der Waals surface area contributed by atoms with Crippen molar-refractivity contribution in [2.75, 3.05) is 45.9 Å². The van der Waals surface area contributed by atoms with Gasteiger partial charge in [-0.1, -0.05) is 24.3 Å². The molecule has 2 aromatic rings. The largest absolute Gasteiger partial charge is 0.465 e. The van der Waals surface area contributed by atoms with Crippen molar-refractivity contribution in [2.24, 2.45) is 17.8 Å². The number of fused-ring (bicyclic) bond motifs is 1. The van der Waals surface area contributed by atoms with Crippen LogP contribution in [0.25, 0.3) is 10.8 Å². The number of nitrogens with one attached hydrogen (secondary N) is 3. The van der Waals surface area contributed by atoms with Gasteiger partial charge in [0.25, 0.3) is 0 Å². The number of likely N-dealkylation sites (tertiary alicyclic amines) is 2. The number of nitrogens with zero attached hydrogens (tertiary/aromatic N) is 2. The van der Waals surface area contributed by atoms with Gasteiger partial charge in [0.15, 0.2) is 0 Å². The summed E-state index contributed by atoms with van der Waals surface area (Å²) >= 11 is 0. The highest BCUT2D eigenvalue weighted by Crippen LogP contribution is 2.30. The molecule has 0 bridgehead atoms. The van der Waals surface area contributed by atoms with E-state index >= 15 is 0 Å². The van der Waals surface area contributed by atoms with Crippen LogP contribution in [-0.2, 0) is 33.9 Å². The number of amides is 4. The first-order chi connectivity index (χ1) is 26.5. The molecule has 310 valence electrons. The van der Waals surface area contributed by atoms with Crippen LogP contribution < -0.4 is 15.4 Å². The van der Waals surface area contributed by atoms with Crippen LogP contribution in [-0.4, -0.2) is 111 Å². The van der Waals surface area contributed by atoms with Gasteiger partial charge in [-0.2, -0.15) is 4.72 Å². The molecule has 0 aliphatic carbocycles. The van der Waals surface area contributed by atoms with Gasteiger partial charge in [-0.3, -0.25) is 14.4 Å². The fourth-order valence-electron chi connectivity index (χ4n) is 7.15. The van der Waals surface area contributed by atoms with Crippen LogP contribution in [0.4, 0.5) is 14.0 Å². The number of carboxylic acid groups (broad SMARTS) is 1. The molecule has 2 heterocycles. The molecule has 4 N–H and O–H groups in total. The lowest BCUT2D eigenvalue weighted by Gasteiger charge is -2.34. The third-order valence-electron chi connectivity index (χ3n) is 10.3. The van der Waals surface area contributed by atoms with Gasteiger partial charge in [-0.15, -0.1) is 0 Å². The summed E-state index contributed by atoms with van der Waals surface area (Å²) in [6, 6.07) is 6.61. The number of hydrogen-bond donors (Lipinski definition) is 4. The predicted molar refractivity (Wildman–Crippen MR) is 205 cm³/mol. The van der Waals surface area contributed by atoms with Gasteiger partial charge < -0.3 is 35.0 Å². The molecule has 56 heavy (non-hydrogen) atoms. The maximum absolute atomic E-state index is 14.4. The van der Waals surface area contributed by atoms with Crippen molar-refractivity contribution in [3.63, 3.8) is 0 Å². The zero-order valence-electron chi connectivity index (χ0n) is 32.7. The Morgan fingerprint density at radius 2 is 1.45 bits per heavy atom. The minimum atomic E-state index is -4.40. The first-order valence-corrected chi connectivity index (χ1v) is 20.8. The summed E-state index contributed by atoms with van der Waals surface area (Å²) in [5, 5.41) is 14.7. The third kappa shape index (κ3) is 13.0. The second-order valence-corrected chi connectivity index (χ2v) is 17.2. The molecule has 4 amide bonds. The summed E-state index contributed by atoms with van der Waals surface area (Å²) in [5.41, 5.74) is -0.587. The van der Waals surface area contributed by atoms with Gasteiger partial charge in [0.2, 0.25) is 21.8 Å². The van der Waals surface area contributed by atoms with Crippen molar-refractivity contribution in [3.8, 4) is 0 Å². The first kappa shape index (κ1) is 44.2. The molecule has 0 radical (unpaired) electrons. The zero-order chi connectivity index (χ0) is 41.0. The number of piperidine rings is 2. The van der Waals surface area contributed by atoms with Crippen LogP contribution in [0.15, 0.2) is 41.3 Å². The van der Waals surface area contributed by atoms with Crippen molar-refractivity contribution in [1.29, 1.82) is 0 Å². The molecule has 17 heteroatoms. The van der Waals surface area contributed by atoms with E-state index in [4.69, 9.17) is 9.47 Å². The standard InChI is InChI=1S/C39H56FN5O10S/c1-5-54-36(48)32(43-56(52,53)33-15-14-31(40)29-8-6-7-9-30(29)33)24-41-34(46)25-42-35(47)28(12-10-26-16-20-44(21-17-26)37(49)50)13-11-27-18-22-45(23-19-27)38(51)55-39(2,3)4/h6-9,14-15,26-28,32,43H,5,10-13,16-25H2,1-4H3,(H,41,46)(H,42,47)(H,49,50)/t28?,32-/m0/s1. The topological polar surface area (TPSA) is 201 Å². The molecule has 2 aromatic carbocycles. The molecule has 2 aliphatic rings. The van der Waals surface area contributed by atoms with Crippen molar-refractivity contribution >= 4 is 50.8 Å². The van der Waals surface area contributed by atoms with Crippen molar-refractivity contribution in [2.45, 2.75) is 95.6 Å². The van der Waals surface area contributed by atoms with Crippen molar-refractivity contribution < 1.29 is 51.4 Å². The van der Waals surface area contributed by atoms with Crippen LogP contribution in [0.2, 0.25) is 0 Å². The molecule has 2 fully saturated rings. The van der Waals surface area contributed by atoms with Gasteiger partial charge in [-0.25, -0.2) is 22.4 Å². The van der Waals surface area contributed by atoms with E-state index in [2.05, 4.69) is 15.4 Å². The van der Waals surface area contributed by atoms with Crippen molar-refractivity contribution in [3.05, 3.63) is 42.2 Å². The number of carbonyl (C=O) groups excluding carboxylic acids is 4. The summed E-state index contributed by atoms with van der Waals surface area (Å²) in [6.07, 6.45) is 4.24. The normalized spacial score (nSPS) is 16.9. The molecular weight excluding hydrogens is 750 g/mol. The highest BCUT2D eigenvalue weighted by Gasteiger charge is 2.31. The fraction of sp³-hybridized carbons (Fsp3) is 0.615. The summed E-state index contributed by atoms with van der Waals surface area (Å²) in [4.78, 5) is 66.1. The van der Waals surface area contributed by atoms with Gasteiger partial charge in [0.1, 0.15) is 17.5 Å². The summed E-state index contributed by atoms with van der Waals surface area (Å²) < 4.78 is 54.1. The molecule has 4 rings (SSSR count). The lowest BCUT2D eigenvalue weighted by Crippen LogP contribution is -2.50. The molecule has 1 unspecified atom stereocenters. The Balaban J connectivity index is 1.34. The Morgan fingerprint density at radius 3 is 2.00 bits per heavy atom. The minimum Gasteiger partial charge on any atom is -0.465 e. The predicted octanol–water partition coefficient (Wildman–Crippen LogP) is 4.64. The maximum Gasteiger partial charge on any atom is 0.410 e. The minimum absolute atomic E-state index is 0.0521. The second-order valence-electron chi connectivity index (χ2n) is 15.5. The lowest BCUT2D eigenvalue weighted by atomic mass is 9.84. The van der Waals surface area contributed by atoms with Crippen molar-refractivity contribution in [1.82, 2.24) is 25.2 Å². The smallest absolute Gasteiger partial charge is 0.410 e. The number of carbonyl (C=O) groups is 5. The van der Waals surface area contributed by atoms with Crippen LogP contribution in [0.3, 0.4) is 0 Å². The number of benzene rings is 2. The van der Waals surface area contributed by atoms with E-state index in [1.165, 1.54) is 17.0 Å². The summed E-state index contributed by atoms with van der Waals surface area (Å²) in [6.45, 7) is 8.06. The van der Waals surface area contributed by atoms with E-state index in [-0.39, 0.29) is 40.2 Å². The number of halogens is 1. The zero-order valence-corrected chi connectivity index (χ0v) is 33.5. The molecular formula is C39H56FN5O10S. The molecule has 0 aromatic heterocycles. The number of rotatable bonds is 16. The first-order valence-electron chi connectivity index (χ1n) is 19.3. The van der Waals surface area contributed by atoms with Gasteiger partial charge in [0.05, 0.1) is 18.0 Å². The molecule has 0 saturated carbocycles. The molecule has 2 aliphatic heterocycles. The Kier molecular flexibility index (Phi) is 15.8. The van der Waals surface area contributed by atoms with Gasteiger partial charge >= 0.3 is 18.2 Å². The quantitative estimate of drug-likeness (QED) is 0.173. The number of ether oxygens (including phenoxy) is 2. The van der Waals surface area contributed by atoms with E-state index in [1.807, 2.05) is 20.8 Å². The molecule has 0 spiro atoms. The number of sulfonamides is 1. The van der Waals surface area contributed by atoms with Crippen LogP contribution in [0, 0.1) is 23.6 Å². The maximum atomic E-state index is 14.4. The van der Waals surface area contributed by atoms with Crippen LogP contribution in [0.5, 0.6) is 0 Å². The van der Waals surface area contributed by atoms with Gasteiger partial charge in [0, 0.05) is 49.4 Å². The van der Waals surface area contributed by atoms with E-state index in [0.29, 0.717) is 57.8 Å². The van der Waals surface area contributed by atoms with E-state index in [0.717, 1.165) is 37.8 Å². The second kappa shape index (κ2) is 20.1. The SMILES string of the molecule is CCOC(=O)[C@H](CNC(=O)CNC(=O)C(CCC1CCN(C(=O)O)CC1)CCC1CCN(C(=O)OC(C)(C)C)CC1)NS(=O)(=O)c1ccc(F)c2ccccc12.